The van der Waals surface area contributed by atoms with Gasteiger partial charge in [-0.05, 0) is 31.1 Å². The van der Waals surface area contributed by atoms with Gasteiger partial charge in [0.1, 0.15) is 13.2 Å². The number of carbonyl (C=O) groups excluding carboxylic acids is 4. The van der Waals surface area contributed by atoms with Crippen LogP contribution in [0.5, 0.6) is 0 Å². The first-order chi connectivity index (χ1) is 16.8. The van der Waals surface area contributed by atoms with Crippen molar-refractivity contribution in [2.45, 2.75) is 39.0 Å². The van der Waals surface area contributed by atoms with E-state index in [0.717, 1.165) is 6.92 Å². The van der Waals surface area contributed by atoms with Crippen molar-refractivity contribution in [3.05, 3.63) is 90.2 Å². The summed E-state index contributed by atoms with van der Waals surface area (Å²) in [5.41, 5.74) is 3.74. The fourth-order valence-electron chi connectivity index (χ4n) is 3.11. The molecule has 0 aliphatic heterocycles. The molecule has 1 atom stereocenters. The Morgan fingerprint density at radius 3 is 1.97 bits per heavy atom. The minimum absolute atomic E-state index is 0.0724. The van der Waals surface area contributed by atoms with Gasteiger partial charge in [0.25, 0.3) is 0 Å². The molecule has 0 saturated carbocycles. The number of Topliss-reactive ketones (excluding diaryl/α,β-unsaturated/α-hetero) is 1. The zero-order valence-corrected chi connectivity index (χ0v) is 19.7. The second-order valence-electron chi connectivity index (χ2n) is 7.30. The maximum atomic E-state index is 13.2. The fraction of sp³-hybridized carbons (Fsp3) is 0.269. The molecule has 1 N–H and O–H groups in total. The average Bonchev–Trinajstić information content (AvgIpc) is 2.87. The highest BCUT2D eigenvalue weighted by Gasteiger charge is 2.54. The molecule has 0 heterocycles. The van der Waals surface area contributed by atoms with Crippen LogP contribution >= 0.6 is 0 Å². The molecule has 0 unspecified atom stereocenters. The second-order valence-corrected chi connectivity index (χ2v) is 7.30. The third-order valence-corrected chi connectivity index (χ3v) is 4.92. The van der Waals surface area contributed by atoms with Crippen LogP contribution in [0.25, 0.3) is 0 Å². The smallest absolute Gasteiger partial charge is 0.430 e. The molecule has 0 aromatic heterocycles. The topological polar surface area (TPSA) is 111 Å². The molecular formula is C26H28N2O7. The predicted molar refractivity (Wildman–Crippen MR) is 127 cm³/mol. The molecule has 2 amide bonds. The minimum Gasteiger partial charge on any atom is -0.464 e. The number of carbonyl (C=O) groups is 4. The Kier molecular flexibility index (Phi) is 10.3. The van der Waals surface area contributed by atoms with E-state index >= 15 is 0 Å². The predicted octanol–water partition coefficient (Wildman–Crippen LogP) is 4.09. The first kappa shape index (κ1) is 26.9. The van der Waals surface area contributed by atoms with E-state index in [9.17, 15) is 19.2 Å². The van der Waals surface area contributed by atoms with Crippen molar-refractivity contribution in [1.29, 1.82) is 0 Å². The summed E-state index contributed by atoms with van der Waals surface area (Å²) >= 11 is 0. The SMILES string of the molecule is C=C=CC[C@@](C(C)=O)(C(=O)OCC)N(NC(=O)OCc1ccccc1)C(=O)OCc1ccccc1. The Balaban J connectivity index is 2.37. The zero-order chi connectivity index (χ0) is 25.7. The van der Waals surface area contributed by atoms with Gasteiger partial charge in [-0.25, -0.2) is 19.8 Å². The summed E-state index contributed by atoms with van der Waals surface area (Å²) in [7, 11) is 0. The number of amides is 2. The van der Waals surface area contributed by atoms with E-state index in [-0.39, 0.29) is 26.2 Å². The first-order valence-corrected chi connectivity index (χ1v) is 10.9. The standard InChI is InChI=1S/C26H28N2O7/c1-4-6-17-26(20(3)29,23(30)33-5-2)28(25(32)35-19-22-15-11-8-12-16-22)27-24(31)34-18-21-13-9-7-10-14-21/h6-16H,1,5,17-19H2,2-3H3,(H,27,31)/t26-/m1/s1. The Hall–Kier alpha value is -4.36. The van der Waals surface area contributed by atoms with Crippen molar-refractivity contribution in [2.75, 3.05) is 6.61 Å². The lowest BCUT2D eigenvalue weighted by atomic mass is 9.90. The lowest BCUT2D eigenvalue weighted by Crippen LogP contribution is -2.67. The van der Waals surface area contributed by atoms with Crippen LogP contribution in [0.4, 0.5) is 9.59 Å². The maximum absolute atomic E-state index is 13.2. The molecule has 0 saturated heterocycles. The van der Waals surface area contributed by atoms with Crippen LogP contribution < -0.4 is 5.43 Å². The molecule has 0 aliphatic rings. The molecule has 9 nitrogen and oxygen atoms in total. The van der Waals surface area contributed by atoms with Crippen molar-refractivity contribution in [2.24, 2.45) is 0 Å². The molecule has 0 spiro atoms. The number of nitrogens with zero attached hydrogens (tertiary/aromatic N) is 1. The number of ether oxygens (including phenoxy) is 3. The van der Waals surface area contributed by atoms with Gasteiger partial charge in [-0.15, -0.1) is 5.73 Å². The first-order valence-electron chi connectivity index (χ1n) is 10.9. The van der Waals surface area contributed by atoms with Crippen molar-refractivity contribution in [3.8, 4) is 0 Å². The number of nitrogens with one attached hydrogen (secondary N) is 1. The van der Waals surface area contributed by atoms with Crippen LogP contribution in [0.2, 0.25) is 0 Å². The van der Waals surface area contributed by atoms with E-state index in [1.165, 1.54) is 6.08 Å². The second kappa shape index (κ2) is 13.4. The third-order valence-electron chi connectivity index (χ3n) is 4.92. The van der Waals surface area contributed by atoms with Gasteiger partial charge in [0.15, 0.2) is 5.78 Å². The lowest BCUT2D eigenvalue weighted by Gasteiger charge is -2.37. The Morgan fingerprint density at radius 2 is 1.49 bits per heavy atom. The number of hydrogen-bond acceptors (Lipinski definition) is 7. The van der Waals surface area contributed by atoms with Gasteiger partial charge >= 0.3 is 18.2 Å². The van der Waals surface area contributed by atoms with Crippen molar-refractivity contribution in [3.63, 3.8) is 0 Å². The van der Waals surface area contributed by atoms with Crippen LogP contribution in [-0.4, -0.2) is 41.1 Å². The summed E-state index contributed by atoms with van der Waals surface area (Å²) < 4.78 is 15.6. The highest BCUT2D eigenvalue weighted by atomic mass is 16.6. The van der Waals surface area contributed by atoms with E-state index in [1.807, 2.05) is 6.07 Å². The van der Waals surface area contributed by atoms with Gasteiger partial charge in [-0.1, -0.05) is 67.2 Å². The molecule has 0 bridgehead atoms. The third kappa shape index (κ3) is 7.31. The summed E-state index contributed by atoms with van der Waals surface area (Å²) in [6.07, 6.45) is -1.33. The Labute approximate surface area is 203 Å². The van der Waals surface area contributed by atoms with E-state index in [4.69, 9.17) is 14.2 Å². The van der Waals surface area contributed by atoms with Gasteiger partial charge in [0.2, 0.25) is 5.54 Å². The molecule has 0 radical (unpaired) electrons. The van der Waals surface area contributed by atoms with Gasteiger partial charge < -0.3 is 14.2 Å². The van der Waals surface area contributed by atoms with Gasteiger partial charge in [0.05, 0.1) is 6.61 Å². The highest BCUT2D eigenvalue weighted by molar-refractivity contribution is 6.10. The minimum atomic E-state index is -2.28. The van der Waals surface area contributed by atoms with Gasteiger partial charge in [-0.2, -0.15) is 5.01 Å². The van der Waals surface area contributed by atoms with Crippen molar-refractivity contribution >= 4 is 23.9 Å². The summed E-state index contributed by atoms with van der Waals surface area (Å²) in [6.45, 7) is 5.73. The van der Waals surface area contributed by atoms with Gasteiger partial charge in [0, 0.05) is 6.42 Å². The average molecular weight is 481 g/mol. The van der Waals surface area contributed by atoms with E-state index in [1.54, 1.807) is 61.5 Å². The summed E-state index contributed by atoms with van der Waals surface area (Å²) in [4.78, 5) is 51.7. The molecule has 2 rings (SSSR count). The van der Waals surface area contributed by atoms with Crippen molar-refractivity contribution < 1.29 is 33.4 Å². The molecule has 2 aromatic rings. The number of rotatable bonds is 10. The fourth-order valence-corrected chi connectivity index (χ4v) is 3.11. The van der Waals surface area contributed by atoms with E-state index in [0.29, 0.717) is 16.1 Å². The van der Waals surface area contributed by atoms with Crippen molar-refractivity contribution in [1.82, 2.24) is 10.4 Å². The summed E-state index contributed by atoms with van der Waals surface area (Å²) in [5.74, 6) is -1.83. The van der Waals surface area contributed by atoms with Gasteiger partial charge in [-0.3, -0.25) is 4.79 Å². The molecule has 35 heavy (non-hydrogen) atoms. The van der Waals surface area contributed by atoms with Crippen LogP contribution in [0, 0.1) is 0 Å². The number of esters is 1. The Bertz CT molecular complexity index is 1070. The maximum Gasteiger partial charge on any atom is 0.430 e. The molecule has 0 fully saturated rings. The summed E-state index contributed by atoms with van der Waals surface area (Å²) in [5, 5.41) is 0.511. The van der Waals surface area contributed by atoms with Crippen LogP contribution in [-0.2, 0) is 37.0 Å². The number of ketones is 1. The Morgan fingerprint density at radius 1 is 0.943 bits per heavy atom. The number of hydrogen-bond donors (Lipinski definition) is 1. The van der Waals surface area contributed by atoms with Crippen LogP contribution in [0.15, 0.2) is 79.0 Å². The molecule has 2 aromatic carbocycles. The molecule has 184 valence electrons. The highest BCUT2D eigenvalue weighted by Crippen LogP contribution is 2.25. The zero-order valence-electron chi connectivity index (χ0n) is 19.7. The normalized spacial score (nSPS) is 11.7. The quantitative estimate of drug-likeness (QED) is 0.179. The molecule has 0 aliphatic carbocycles. The molecular weight excluding hydrogens is 452 g/mol. The largest absolute Gasteiger partial charge is 0.464 e. The lowest BCUT2D eigenvalue weighted by molar-refractivity contribution is -0.163. The van der Waals surface area contributed by atoms with Crippen LogP contribution in [0.3, 0.4) is 0 Å². The monoisotopic (exact) mass is 480 g/mol. The summed E-state index contributed by atoms with van der Waals surface area (Å²) in [6, 6.07) is 17.6. The van der Waals surface area contributed by atoms with E-state index in [2.05, 4.69) is 17.7 Å². The van der Waals surface area contributed by atoms with Crippen LogP contribution in [0.1, 0.15) is 31.4 Å². The number of hydrazine groups is 1. The van der Waals surface area contributed by atoms with E-state index < -0.39 is 29.5 Å². The number of benzene rings is 2. The molecule has 9 heteroatoms.